The molecular formula is C32H51IO6. The van der Waals surface area contributed by atoms with E-state index in [1.54, 1.807) is 37.3 Å². The first-order valence-corrected chi connectivity index (χ1v) is 15.2. The van der Waals surface area contributed by atoms with Crippen molar-refractivity contribution in [2.45, 2.75) is 91.6 Å². The molecule has 0 bridgehead atoms. The summed E-state index contributed by atoms with van der Waals surface area (Å²) in [5.74, 6) is -0.621. The van der Waals surface area contributed by atoms with Crippen LogP contribution in [0.4, 0.5) is 0 Å². The Kier molecular flexibility index (Phi) is 20.4. The van der Waals surface area contributed by atoms with Crippen LogP contribution in [0.15, 0.2) is 59.3 Å². The first kappa shape index (κ1) is 37.5. The zero-order valence-electron chi connectivity index (χ0n) is 24.5. The molecule has 0 amide bonds. The highest BCUT2D eigenvalue weighted by Gasteiger charge is 2.31. The maximum Gasteiger partial charge on any atom is 0.331 e. The lowest BCUT2D eigenvalue weighted by atomic mass is 9.82. The fraction of sp³-hybridized carbons (Fsp3) is 0.625. The summed E-state index contributed by atoms with van der Waals surface area (Å²) in [5.41, 5.74) is 0. The van der Waals surface area contributed by atoms with Crippen LogP contribution in [0.5, 0.6) is 0 Å². The second-order valence-corrected chi connectivity index (χ2v) is 11.7. The fourth-order valence-electron chi connectivity index (χ4n) is 4.62. The Morgan fingerprint density at radius 2 is 1.51 bits per heavy atom. The molecule has 39 heavy (non-hydrogen) atoms. The second-order valence-electron chi connectivity index (χ2n) is 10.9. The van der Waals surface area contributed by atoms with Gasteiger partial charge in [0.15, 0.2) is 0 Å². The third kappa shape index (κ3) is 15.7. The molecule has 0 rings (SSSR count). The highest BCUT2D eigenvalue weighted by atomic mass is 127. The number of carbonyl (C=O) groups excluding carboxylic acids is 2. The number of carbonyl (C=O) groups is 2. The Bertz CT molecular complexity index is 819. The second kappa shape index (κ2) is 21.2. The first-order chi connectivity index (χ1) is 18.4. The van der Waals surface area contributed by atoms with Crippen LogP contribution in [0, 0.1) is 35.5 Å². The van der Waals surface area contributed by atoms with Crippen molar-refractivity contribution < 1.29 is 29.6 Å². The van der Waals surface area contributed by atoms with E-state index < -0.39 is 30.4 Å². The minimum Gasteiger partial charge on any atom is -0.458 e. The van der Waals surface area contributed by atoms with Gasteiger partial charge >= 0.3 is 5.97 Å². The molecule has 0 spiro atoms. The molecule has 7 heteroatoms. The molecule has 0 saturated carbocycles. The first-order valence-electron chi connectivity index (χ1n) is 14.0. The van der Waals surface area contributed by atoms with Gasteiger partial charge in [0.05, 0.1) is 18.3 Å². The number of aliphatic hydroxyl groups is 3. The molecule has 0 radical (unpaired) electrons. The van der Waals surface area contributed by atoms with Crippen LogP contribution in [-0.4, -0.2) is 52.0 Å². The molecule has 0 aliphatic carbocycles. The normalized spacial score (nSPS) is 20.4. The van der Waals surface area contributed by atoms with Gasteiger partial charge in [-0.3, -0.25) is 0 Å². The molecular weight excluding hydrogens is 607 g/mol. The molecule has 0 aromatic heterocycles. The molecule has 10 atom stereocenters. The number of esters is 1. The highest BCUT2D eigenvalue weighted by molar-refractivity contribution is 14.1. The van der Waals surface area contributed by atoms with Crippen LogP contribution in [0.3, 0.4) is 0 Å². The predicted molar refractivity (Wildman–Crippen MR) is 168 cm³/mol. The molecule has 0 aromatic carbocycles. The van der Waals surface area contributed by atoms with Gasteiger partial charge in [-0.25, -0.2) is 4.79 Å². The number of aldehydes is 1. The molecule has 0 unspecified atom stereocenters. The van der Waals surface area contributed by atoms with Crippen molar-refractivity contribution in [1.82, 2.24) is 0 Å². The molecule has 0 aromatic rings. The summed E-state index contributed by atoms with van der Waals surface area (Å²) in [4.78, 5) is 23.1. The summed E-state index contributed by atoms with van der Waals surface area (Å²) >= 11 is 2.17. The lowest BCUT2D eigenvalue weighted by Gasteiger charge is -2.31. The standard InChI is InChI=1S/C32H51IO6/c1-8-9-12-25(5)32(39-30(37)14-11-10-13-23(3)28(35)18-20-34)27(7)29(36)16-15-22(2)21-26(6)31(38)24(4)17-19-33/h8-14,17,19-20,22-29,31-32,35-36,38H,1,15-16,18,21H2,2-7H3/b12-9-,13-10+,14-11-,19-17-/t22-,23+,24-,25-,26-,27-,28-,29+,31-,32-/m0/s1. The van der Waals surface area contributed by atoms with Crippen molar-refractivity contribution in [3.8, 4) is 0 Å². The van der Waals surface area contributed by atoms with E-state index in [9.17, 15) is 24.9 Å². The fourth-order valence-corrected chi connectivity index (χ4v) is 5.28. The van der Waals surface area contributed by atoms with Gasteiger partial charge in [-0.1, -0.05) is 113 Å². The van der Waals surface area contributed by atoms with Gasteiger partial charge in [0, 0.05) is 36.2 Å². The summed E-state index contributed by atoms with van der Waals surface area (Å²) in [7, 11) is 0. The minimum absolute atomic E-state index is 0.0601. The molecule has 0 fully saturated rings. The van der Waals surface area contributed by atoms with E-state index in [-0.39, 0.29) is 36.0 Å². The zero-order chi connectivity index (χ0) is 30.0. The lowest BCUT2D eigenvalue weighted by Crippen LogP contribution is -2.37. The van der Waals surface area contributed by atoms with Crippen LogP contribution in [0.2, 0.25) is 0 Å². The number of rotatable bonds is 20. The number of ether oxygens (including phenoxy) is 1. The molecule has 0 aliphatic rings. The summed E-state index contributed by atoms with van der Waals surface area (Å²) in [5, 5.41) is 31.4. The van der Waals surface area contributed by atoms with Crippen molar-refractivity contribution in [2.24, 2.45) is 35.5 Å². The van der Waals surface area contributed by atoms with E-state index in [1.165, 1.54) is 6.08 Å². The quantitative estimate of drug-likeness (QED) is 0.0463. The van der Waals surface area contributed by atoms with E-state index in [1.807, 2.05) is 37.0 Å². The summed E-state index contributed by atoms with van der Waals surface area (Å²) in [6, 6.07) is 0. The van der Waals surface area contributed by atoms with Gasteiger partial charge in [-0.15, -0.1) is 0 Å². The largest absolute Gasteiger partial charge is 0.458 e. The van der Waals surface area contributed by atoms with Gasteiger partial charge < -0.3 is 24.9 Å². The van der Waals surface area contributed by atoms with Gasteiger partial charge in [-0.2, -0.15) is 0 Å². The van der Waals surface area contributed by atoms with Gasteiger partial charge in [0.25, 0.3) is 0 Å². The third-order valence-corrected chi connectivity index (χ3v) is 7.79. The van der Waals surface area contributed by atoms with E-state index in [4.69, 9.17) is 4.74 Å². The molecule has 222 valence electrons. The van der Waals surface area contributed by atoms with Gasteiger partial charge in [-0.05, 0) is 35.2 Å². The van der Waals surface area contributed by atoms with Crippen molar-refractivity contribution >= 4 is 34.8 Å². The van der Waals surface area contributed by atoms with Crippen molar-refractivity contribution in [2.75, 3.05) is 0 Å². The van der Waals surface area contributed by atoms with E-state index in [0.29, 0.717) is 18.6 Å². The Hall–Kier alpha value is -1.55. The summed E-state index contributed by atoms with van der Waals surface area (Å²) < 4.78 is 7.73. The maximum absolute atomic E-state index is 12.6. The molecule has 0 aliphatic heterocycles. The van der Waals surface area contributed by atoms with Crippen LogP contribution in [-0.2, 0) is 14.3 Å². The van der Waals surface area contributed by atoms with Crippen LogP contribution in [0.1, 0.15) is 67.2 Å². The van der Waals surface area contributed by atoms with Gasteiger partial charge in [0.1, 0.15) is 12.4 Å². The van der Waals surface area contributed by atoms with Crippen molar-refractivity contribution in [3.63, 3.8) is 0 Å². The van der Waals surface area contributed by atoms with Crippen molar-refractivity contribution in [3.05, 3.63) is 59.3 Å². The predicted octanol–water partition coefficient (Wildman–Crippen LogP) is 6.36. The van der Waals surface area contributed by atoms with Crippen LogP contribution in [0.25, 0.3) is 0 Å². The monoisotopic (exact) mass is 658 g/mol. The molecule has 0 saturated heterocycles. The SMILES string of the molecule is C=C/C=C\[C@H](C)[C@H](OC(=O)/C=C\C=C\[C@@H](C)[C@@H](O)CC=O)[C@@H](C)[C@H](O)CC[C@H](C)C[C@H](C)[C@@H](O)[C@@H](C)/C=C\I. The van der Waals surface area contributed by atoms with E-state index in [2.05, 4.69) is 43.0 Å². The molecule has 3 N–H and O–H groups in total. The zero-order valence-corrected chi connectivity index (χ0v) is 26.7. The number of halogens is 1. The average molecular weight is 659 g/mol. The molecule has 6 nitrogen and oxygen atoms in total. The van der Waals surface area contributed by atoms with E-state index >= 15 is 0 Å². The number of aliphatic hydroxyl groups excluding tert-OH is 3. The van der Waals surface area contributed by atoms with Gasteiger partial charge in [0.2, 0.25) is 0 Å². The lowest BCUT2D eigenvalue weighted by molar-refractivity contribution is -0.150. The van der Waals surface area contributed by atoms with E-state index in [0.717, 1.165) is 12.8 Å². The van der Waals surface area contributed by atoms with Crippen LogP contribution < -0.4 is 0 Å². The van der Waals surface area contributed by atoms with Crippen LogP contribution >= 0.6 is 22.6 Å². The number of hydrogen-bond donors (Lipinski definition) is 3. The average Bonchev–Trinajstić information content (AvgIpc) is 2.90. The maximum atomic E-state index is 12.6. The third-order valence-electron chi connectivity index (χ3n) is 7.38. The Morgan fingerprint density at radius 3 is 2.10 bits per heavy atom. The molecule has 0 heterocycles. The number of allylic oxidation sites excluding steroid dienone is 4. The number of hydrogen-bond acceptors (Lipinski definition) is 6. The Balaban J connectivity index is 5.18. The Morgan fingerprint density at radius 1 is 0.872 bits per heavy atom. The topological polar surface area (TPSA) is 104 Å². The Labute approximate surface area is 250 Å². The van der Waals surface area contributed by atoms with Crippen molar-refractivity contribution in [1.29, 1.82) is 0 Å². The summed E-state index contributed by atoms with van der Waals surface area (Å²) in [6.45, 7) is 15.6. The summed E-state index contributed by atoms with van der Waals surface area (Å²) in [6.07, 6.45) is 14.2. The minimum atomic E-state index is -0.763. The highest BCUT2D eigenvalue weighted by Crippen LogP contribution is 2.28. The smallest absolute Gasteiger partial charge is 0.331 e.